The molecule has 124 valence electrons. The molecule has 0 saturated heterocycles. The Hall–Kier alpha value is -3.35. The maximum Gasteiger partial charge on any atom is 0.323 e. The van der Waals surface area contributed by atoms with Gasteiger partial charge < -0.3 is 20.8 Å². The minimum absolute atomic E-state index is 0.0938. The van der Waals surface area contributed by atoms with Gasteiger partial charge in [0.25, 0.3) is 0 Å². The van der Waals surface area contributed by atoms with Crippen LogP contribution in [0, 0.1) is 0 Å². The third-order valence-corrected chi connectivity index (χ3v) is 3.27. The summed E-state index contributed by atoms with van der Waals surface area (Å²) >= 11 is 0. The molecule has 0 aliphatic rings. The zero-order valence-corrected chi connectivity index (χ0v) is 13.1. The highest BCUT2D eigenvalue weighted by Gasteiger charge is 2.11. The van der Waals surface area contributed by atoms with Crippen LogP contribution in [0.5, 0.6) is 11.5 Å². The van der Waals surface area contributed by atoms with Gasteiger partial charge in [-0.3, -0.25) is 9.59 Å². The first-order valence-corrected chi connectivity index (χ1v) is 7.04. The molecule has 2 aromatic carbocycles. The molecule has 0 aliphatic carbocycles. The summed E-state index contributed by atoms with van der Waals surface area (Å²) in [7, 11) is 0. The minimum atomic E-state index is -0.601. The number of benzene rings is 2. The van der Waals surface area contributed by atoms with E-state index in [2.05, 4.69) is 10.6 Å². The van der Waals surface area contributed by atoms with Crippen LogP contribution >= 0.6 is 0 Å². The molecule has 0 bridgehead atoms. The molecule has 0 aromatic heterocycles. The number of nitrogens with one attached hydrogen (secondary N) is 2. The summed E-state index contributed by atoms with van der Waals surface area (Å²) in [6, 6.07) is 7.61. The molecular weight excluding hydrogens is 312 g/mol. The molecule has 7 heteroatoms. The number of phenolic OH excluding ortho intramolecular Hbond substituents is 2. The van der Waals surface area contributed by atoms with Crippen molar-refractivity contribution in [1.29, 1.82) is 0 Å². The van der Waals surface area contributed by atoms with Crippen molar-refractivity contribution in [3.63, 3.8) is 0 Å². The normalized spacial score (nSPS) is 10.1. The Kier molecular flexibility index (Phi) is 4.84. The van der Waals surface area contributed by atoms with E-state index in [1.807, 2.05) is 0 Å². The first-order valence-electron chi connectivity index (χ1n) is 7.04. The van der Waals surface area contributed by atoms with Crippen LogP contribution in [0.4, 0.5) is 16.2 Å². The second-order valence-electron chi connectivity index (χ2n) is 5.16. The molecule has 0 heterocycles. The lowest BCUT2D eigenvalue weighted by Gasteiger charge is -2.10. The van der Waals surface area contributed by atoms with E-state index in [0.717, 1.165) is 0 Å². The fraction of sp³-hybridized carbons (Fsp3) is 0.118. The number of phenols is 2. The highest BCUT2D eigenvalue weighted by Crippen LogP contribution is 2.24. The monoisotopic (exact) mass is 328 g/mol. The second kappa shape index (κ2) is 6.82. The maximum absolute atomic E-state index is 12.0. The molecule has 0 unspecified atom stereocenters. The van der Waals surface area contributed by atoms with E-state index < -0.39 is 6.03 Å². The zero-order valence-electron chi connectivity index (χ0n) is 13.1. The number of amides is 2. The number of carbonyl (C=O) groups excluding carboxylic acids is 3. The number of urea groups is 1. The van der Waals surface area contributed by atoms with Gasteiger partial charge in [-0.2, -0.15) is 0 Å². The zero-order chi connectivity index (χ0) is 17.9. The molecule has 0 spiro atoms. The Morgan fingerprint density at radius 1 is 0.750 bits per heavy atom. The van der Waals surface area contributed by atoms with E-state index in [1.54, 1.807) is 0 Å². The molecule has 2 amide bonds. The highest BCUT2D eigenvalue weighted by molar-refractivity contribution is 6.03. The van der Waals surface area contributed by atoms with Crippen molar-refractivity contribution in [1.82, 2.24) is 0 Å². The number of anilines is 2. The summed E-state index contributed by atoms with van der Waals surface area (Å²) in [6.45, 7) is 2.61. The molecule has 24 heavy (non-hydrogen) atoms. The Morgan fingerprint density at radius 2 is 1.12 bits per heavy atom. The lowest BCUT2D eigenvalue weighted by molar-refractivity contribution is 0.100. The van der Waals surface area contributed by atoms with E-state index in [9.17, 15) is 24.6 Å². The van der Waals surface area contributed by atoms with Gasteiger partial charge >= 0.3 is 6.03 Å². The maximum atomic E-state index is 12.0. The predicted octanol–water partition coefficient (Wildman–Crippen LogP) is 3.15. The number of hydrogen-bond acceptors (Lipinski definition) is 5. The minimum Gasteiger partial charge on any atom is -0.507 e. The van der Waals surface area contributed by atoms with Crippen molar-refractivity contribution in [2.75, 3.05) is 10.6 Å². The van der Waals surface area contributed by atoms with Crippen LogP contribution in [0.25, 0.3) is 0 Å². The van der Waals surface area contributed by atoms with Crippen molar-refractivity contribution < 1.29 is 24.6 Å². The van der Waals surface area contributed by atoms with Crippen LogP contribution in [0.3, 0.4) is 0 Å². The van der Waals surface area contributed by atoms with Crippen LogP contribution in [0.1, 0.15) is 34.6 Å². The smallest absolute Gasteiger partial charge is 0.323 e. The van der Waals surface area contributed by atoms with Gasteiger partial charge in [0.15, 0.2) is 11.6 Å². The molecule has 0 radical (unpaired) electrons. The molecule has 2 aromatic rings. The van der Waals surface area contributed by atoms with Crippen molar-refractivity contribution >= 4 is 29.0 Å². The van der Waals surface area contributed by atoms with E-state index in [-0.39, 0.29) is 34.2 Å². The summed E-state index contributed by atoms with van der Waals surface area (Å²) in [5, 5.41) is 24.2. The van der Waals surface area contributed by atoms with Gasteiger partial charge in [-0.05, 0) is 50.2 Å². The third kappa shape index (κ3) is 3.89. The molecule has 0 aliphatic heterocycles. The topological polar surface area (TPSA) is 116 Å². The molecule has 7 nitrogen and oxygen atoms in total. The molecule has 0 fully saturated rings. The van der Waals surface area contributed by atoms with E-state index in [0.29, 0.717) is 11.4 Å². The molecule has 0 saturated carbocycles. The molecular formula is C17H16N2O5. The summed E-state index contributed by atoms with van der Waals surface area (Å²) in [5.74, 6) is -1.00. The average molecular weight is 328 g/mol. The fourth-order valence-corrected chi connectivity index (χ4v) is 2.09. The van der Waals surface area contributed by atoms with Crippen molar-refractivity contribution in [3.8, 4) is 11.5 Å². The highest BCUT2D eigenvalue weighted by atomic mass is 16.3. The Labute approximate surface area is 137 Å². The number of ketones is 2. The summed E-state index contributed by atoms with van der Waals surface area (Å²) in [6.07, 6.45) is 0. The summed E-state index contributed by atoms with van der Waals surface area (Å²) < 4.78 is 0. The van der Waals surface area contributed by atoms with Gasteiger partial charge in [0.1, 0.15) is 11.5 Å². The van der Waals surface area contributed by atoms with Crippen molar-refractivity contribution in [2.45, 2.75) is 13.8 Å². The summed E-state index contributed by atoms with van der Waals surface area (Å²) in [4.78, 5) is 34.8. The van der Waals surface area contributed by atoms with Gasteiger partial charge in [-0.1, -0.05) is 0 Å². The van der Waals surface area contributed by atoms with Gasteiger partial charge in [0.05, 0.1) is 11.1 Å². The number of Topliss-reactive ketones (excluding diaryl/α,β-unsaturated/α-hetero) is 2. The van der Waals surface area contributed by atoms with Crippen molar-refractivity contribution in [2.24, 2.45) is 0 Å². The van der Waals surface area contributed by atoms with Gasteiger partial charge in [-0.15, -0.1) is 0 Å². The van der Waals surface area contributed by atoms with Crippen LogP contribution < -0.4 is 10.6 Å². The van der Waals surface area contributed by atoms with Gasteiger partial charge in [-0.25, -0.2) is 4.79 Å². The number of carbonyl (C=O) groups is 3. The lowest BCUT2D eigenvalue weighted by Crippen LogP contribution is -2.19. The second-order valence-corrected chi connectivity index (χ2v) is 5.16. The third-order valence-electron chi connectivity index (χ3n) is 3.27. The molecule has 0 atom stereocenters. The van der Waals surface area contributed by atoms with Crippen molar-refractivity contribution in [3.05, 3.63) is 47.5 Å². The predicted molar refractivity (Wildman–Crippen MR) is 88.9 cm³/mol. The van der Waals surface area contributed by atoms with E-state index >= 15 is 0 Å². The van der Waals surface area contributed by atoms with Gasteiger partial charge in [0.2, 0.25) is 0 Å². The number of hydrogen-bond donors (Lipinski definition) is 4. The van der Waals surface area contributed by atoms with Crippen LogP contribution in [0.2, 0.25) is 0 Å². The molecule has 2 rings (SSSR count). The lowest BCUT2D eigenvalue weighted by atomic mass is 10.1. The Bertz CT molecular complexity index is 762. The van der Waals surface area contributed by atoms with Crippen LogP contribution in [-0.4, -0.2) is 27.8 Å². The molecule has 4 N–H and O–H groups in total. The fourth-order valence-electron chi connectivity index (χ4n) is 2.09. The van der Waals surface area contributed by atoms with Crippen LogP contribution in [-0.2, 0) is 0 Å². The summed E-state index contributed by atoms with van der Waals surface area (Å²) in [5.41, 5.74) is 0.828. The largest absolute Gasteiger partial charge is 0.507 e. The van der Waals surface area contributed by atoms with Gasteiger partial charge in [0, 0.05) is 11.4 Å². The first-order chi connectivity index (χ1) is 11.3. The van der Waals surface area contributed by atoms with E-state index in [4.69, 9.17) is 0 Å². The SMILES string of the molecule is CC(=O)c1cc(NC(=O)Nc2ccc(O)c(C(C)=O)c2)ccc1O. The van der Waals surface area contributed by atoms with E-state index in [1.165, 1.54) is 50.2 Å². The first kappa shape index (κ1) is 17.0. The quantitative estimate of drug-likeness (QED) is 0.508. The van der Waals surface area contributed by atoms with Crippen LogP contribution in [0.15, 0.2) is 36.4 Å². The Balaban J connectivity index is 2.14. The Morgan fingerprint density at radius 3 is 1.46 bits per heavy atom. The number of rotatable bonds is 4. The standard InChI is InChI=1S/C17H16N2O5/c1-9(20)13-7-11(3-5-15(13)22)18-17(24)19-12-4-6-16(23)14(8-12)10(2)21/h3-8,22-23H,1-2H3,(H2,18,19,24). The number of aromatic hydroxyl groups is 2. The average Bonchev–Trinajstić information content (AvgIpc) is 2.50.